The number of hydrogen-bond donors (Lipinski definition) is 0. The zero-order valence-electron chi connectivity index (χ0n) is 20.3. The summed E-state index contributed by atoms with van der Waals surface area (Å²) in [7, 11) is -1.12. The van der Waals surface area contributed by atoms with Crippen molar-refractivity contribution in [2.45, 2.75) is 19.3 Å². The Morgan fingerprint density at radius 2 is 1.67 bits per heavy atom. The third kappa shape index (κ3) is 6.85. The van der Waals surface area contributed by atoms with E-state index in [1.54, 1.807) is 6.07 Å². The van der Waals surface area contributed by atoms with Crippen LogP contribution in [0.15, 0.2) is 65.5 Å². The molecule has 0 saturated carbocycles. The molecule has 3 aromatic rings. The Morgan fingerprint density at radius 1 is 0.972 bits per heavy atom. The number of aromatic nitrogens is 2. The molecule has 4 rings (SSSR count). The van der Waals surface area contributed by atoms with Gasteiger partial charge in [-0.25, -0.2) is 12.9 Å². The summed E-state index contributed by atoms with van der Waals surface area (Å²) < 4.78 is 40.6. The second kappa shape index (κ2) is 12.9. The number of hydrogen-bond acceptors (Lipinski definition) is 6. The first-order valence-corrected chi connectivity index (χ1v) is 13.3. The van der Waals surface area contributed by atoms with Gasteiger partial charge in [-0.15, -0.1) is 0 Å². The summed E-state index contributed by atoms with van der Waals surface area (Å²) in [4.78, 5) is 15.1. The molecule has 2 aromatic carbocycles. The van der Waals surface area contributed by atoms with E-state index in [0.29, 0.717) is 68.8 Å². The highest BCUT2D eigenvalue weighted by Crippen LogP contribution is 2.21. The van der Waals surface area contributed by atoms with Gasteiger partial charge in [0.05, 0.1) is 47.9 Å². The lowest BCUT2D eigenvalue weighted by molar-refractivity contribution is 0.0438. The van der Waals surface area contributed by atoms with E-state index in [4.69, 9.17) is 9.47 Å². The minimum absolute atomic E-state index is 0.198. The minimum atomic E-state index is -1.12. The molecular formula is C26H31FN4O4S. The molecule has 0 N–H and O–H groups in total. The van der Waals surface area contributed by atoms with E-state index in [2.05, 4.69) is 10.00 Å². The Bertz CT molecular complexity index is 1200. The largest absolute Gasteiger partial charge is 0.379 e. The number of piperazine rings is 1. The van der Waals surface area contributed by atoms with Crippen LogP contribution < -0.4 is 10.5 Å². The number of halogens is 1. The number of benzene rings is 2. The lowest BCUT2D eigenvalue weighted by Gasteiger charge is -2.35. The van der Waals surface area contributed by atoms with Crippen LogP contribution >= 0.6 is 0 Å². The lowest BCUT2D eigenvalue weighted by atomic mass is 10.2. The molecule has 192 valence electrons. The highest BCUT2D eigenvalue weighted by atomic mass is 32.2. The Balaban J connectivity index is 1.49. The maximum Gasteiger partial charge on any atom is 0.273 e. The lowest BCUT2D eigenvalue weighted by Crippen LogP contribution is -2.48. The van der Waals surface area contributed by atoms with Crippen LogP contribution in [0.1, 0.15) is 18.2 Å². The Morgan fingerprint density at radius 3 is 2.36 bits per heavy atom. The number of rotatable bonds is 11. The molecule has 1 atom stereocenters. The van der Waals surface area contributed by atoms with E-state index in [0.717, 1.165) is 5.56 Å². The van der Waals surface area contributed by atoms with Crippen LogP contribution in [0, 0.1) is 5.82 Å². The maximum absolute atomic E-state index is 13.4. The molecule has 1 aromatic heterocycles. The van der Waals surface area contributed by atoms with Crippen LogP contribution in [-0.2, 0) is 32.8 Å². The average molecular weight is 515 g/mol. The Hall–Kier alpha value is -2.92. The van der Waals surface area contributed by atoms with Gasteiger partial charge in [-0.1, -0.05) is 30.3 Å². The van der Waals surface area contributed by atoms with Crippen molar-refractivity contribution >= 4 is 16.7 Å². The summed E-state index contributed by atoms with van der Waals surface area (Å²) in [5.41, 5.74) is 2.50. The third-order valence-electron chi connectivity index (χ3n) is 5.87. The molecule has 1 unspecified atom stereocenters. The summed E-state index contributed by atoms with van der Waals surface area (Å²) in [5.74, 6) is 0.0973. The first-order valence-electron chi connectivity index (χ1n) is 12.0. The Labute approximate surface area is 212 Å². The van der Waals surface area contributed by atoms with Crippen molar-refractivity contribution in [3.05, 3.63) is 88.1 Å². The predicted molar refractivity (Wildman–Crippen MR) is 138 cm³/mol. The second-order valence-corrected chi connectivity index (χ2v) is 9.77. The van der Waals surface area contributed by atoms with E-state index in [-0.39, 0.29) is 18.0 Å². The summed E-state index contributed by atoms with van der Waals surface area (Å²) >= 11 is 0. The molecule has 1 aliphatic rings. The third-order valence-corrected chi connectivity index (χ3v) is 7.39. The molecule has 0 aliphatic carbocycles. The summed E-state index contributed by atoms with van der Waals surface area (Å²) in [5, 5.41) is 4.58. The van der Waals surface area contributed by atoms with Crippen LogP contribution in [0.4, 0.5) is 10.1 Å². The fraction of sp³-hybridized carbons (Fsp3) is 0.385. The van der Waals surface area contributed by atoms with Crippen LogP contribution in [0.5, 0.6) is 0 Å². The van der Waals surface area contributed by atoms with Crippen LogP contribution in [0.25, 0.3) is 5.69 Å². The quantitative estimate of drug-likeness (QED) is 0.366. The van der Waals surface area contributed by atoms with Gasteiger partial charge in [0.2, 0.25) is 0 Å². The second-order valence-electron chi connectivity index (χ2n) is 8.32. The first-order chi connectivity index (χ1) is 17.5. The van der Waals surface area contributed by atoms with Crippen molar-refractivity contribution in [2.75, 3.05) is 50.9 Å². The molecule has 36 heavy (non-hydrogen) atoms. The van der Waals surface area contributed by atoms with E-state index in [9.17, 15) is 13.4 Å². The molecule has 1 fully saturated rings. The van der Waals surface area contributed by atoms with Crippen LogP contribution in [-0.4, -0.2) is 64.3 Å². The summed E-state index contributed by atoms with van der Waals surface area (Å²) in [6.07, 6.45) is 0. The summed E-state index contributed by atoms with van der Waals surface area (Å²) in [6.45, 7) is 6.01. The fourth-order valence-corrected chi connectivity index (χ4v) is 5.23. The van der Waals surface area contributed by atoms with Gasteiger partial charge in [-0.3, -0.25) is 4.79 Å². The van der Waals surface area contributed by atoms with Crippen molar-refractivity contribution in [3.8, 4) is 5.69 Å². The average Bonchev–Trinajstić information content (AvgIpc) is 2.90. The number of anilines is 1. The highest BCUT2D eigenvalue weighted by Gasteiger charge is 2.24. The van der Waals surface area contributed by atoms with Crippen molar-refractivity contribution in [1.82, 2.24) is 14.1 Å². The molecule has 2 heterocycles. The topological polar surface area (TPSA) is 76.9 Å². The van der Waals surface area contributed by atoms with Crippen LogP contribution in [0.3, 0.4) is 0 Å². The molecule has 1 saturated heterocycles. The van der Waals surface area contributed by atoms with Gasteiger partial charge in [0.15, 0.2) is 0 Å². The molecule has 0 amide bonds. The fourth-order valence-electron chi connectivity index (χ4n) is 4.00. The molecular weight excluding hydrogens is 483 g/mol. The molecule has 1 aliphatic heterocycles. The Kier molecular flexibility index (Phi) is 9.35. The van der Waals surface area contributed by atoms with Crippen molar-refractivity contribution in [3.63, 3.8) is 0 Å². The van der Waals surface area contributed by atoms with Gasteiger partial charge in [-0.05, 0) is 36.8 Å². The highest BCUT2D eigenvalue weighted by molar-refractivity contribution is 7.81. The van der Waals surface area contributed by atoms with E-state index in [1.165, 1.54) is 28.9 Å². The monoisotopic (exact) mass is 514 g/mol. The van der Waals surface area contributed by atoms with Gasteiger partial charge in [-0.2, -0.15) is 9.78 Å². The standard InChI is InChI=1S/C26H31FN4O4S/c1-2-34-16-17-35-19-24-25(18-26(32)31(28-24)23-10-8-22(27)9-11-23)29-12-14-30(15-13-29)36(33)20-21-6-4-3-5-7-21/h3-11,18H,2,12-17,19-20H2,1H3. The van der Waals surface area contributed by atoms with Crippen LogP contribution in [0.2, 0.25) is 0 Å². The van der Waals surface area contributed by atoms with Gasteiger partial charge >= 0.3 is 0 Å². The van der Waals surface area contributed by atoms with Gasteiger partial charge in [0, 0.05) is 38.9 Å². The predicted octanol–water partition coefficient (Wildman–Crippen LogP) is 2.91. The zero-order valence-corrected chi connectivity index (χ0v) is 21.2. The molecule has 8 nitrogen and oxygen atoms in total. The van der Waals surface area contributed by atoms with Gasteiger partial charge in [0.1, 0.15) is 11.5 Å². The number of nitrogens with zero attached hydrogens (tertiary/aromatic N) is 4. The SMILES string of the molecule is CCOCCOCc1nn(-c2ccc(F)cc2)c(=O)cc1N1CCN(S(=O)Cc2ccccc2)CC1. The van der Waals surface area contributed by atoms with E-state index >= 15 is 0 Å². The molecule has 0 radical (unpaired) electrons. The van der Waals surface area contributed by atoms with E-state index in [1.807, 2.05) is 41.6 Å². The van der Waals surface area contributed by atoms with Crippen molar-refractivity contribution in [2.24, 2.45) is 0 Å². The summed E-state index contributed by atoms with van der Waals surface area (Å²) in [6, 6.07) is 17.0. The van der Waals surface area contributed by atoms with Crippen molar-refractivity contribution < 1.29 is 18.1 Å². The van der Waals surface area contributed by atoms with Gasteiger partial charge < -0.3 is 14.4 Å². The molecule has 0 spiro atoms. The minimum Gasteiger partial charge on any atom is -0.379 e. The number of ether oxygens (including phenoxy) is 2. The zero-order chi connectivity index (χ0) is 25.3. The molecule has 10 heteroatoms. The molecule has 0 bridgehead atoms. The van der Waals surface area contributed by atoms with Gasteiger partial charge in [0.25, 0.3) is 5.56 Å². The van der Waals surface area contributed by atoms with Crippen molar-refractivity contribution in [1.29, 1.82) is 0 Å². The first kappa shape index (κ1) is 26.2. The normalized spacial score (nSPS) is 15.2. The maximum atomic E-state index is 13.4. The smallest absolute Gasteiger partial charge is 0.273 e. The van der Waals surface area contributed by atoms with E-state index < -0.39 is 11.0 Å².